The van der Waals surface area contributed by atoms with E-state index in [1.807, 2.05) is 0 Å². The van der Waals surface area contributed by atoms with E-state index in [0.29, 0.717) is 6.42 Å². The van der Waals surface area contributed by atoms with Crippen molar-refractivity contribution in [1.82, 2.24) is 0 Å². The van der Waals surface area contributed by atoms with Gasteiger partial charge in [-0.15, -0.1) is 0 Å². The van der Waals surface area contributed by atoms with Gasteiger partial charge in [-0.1, -0.05) is 6.92 Å². The number of hydrogen-bond donors (Lipinski definition) is 1. The maximum Gasteiger partial charge on any atom is 0.423 e. The van der Waals surface area contributed by atoms with E-state index in [1.54, 1.807) is 6.92 Å². The van der Waals surface area contributed by atoms with Crippen LogP contribution in [0.15, 0.2) is 11.1 Å². The average molecular weight is 237 g/mol. The van der Waals surface area contributed by atoms with Crippen molar-refractivity contribution in [2.24, 2.45) is 11.7 Å². The molecule has 0 bridgehead atoms. The van der Waals surface area contributed by atoms with Crippen LogP contribution in [0.5, 0.6) is 0 Å². The van der Waals surface area contributed by atoms with Gasteiger partial charge in [0.15, 0.2) is 0 Å². The molecule has 2 atom stereocenters. The number of halogens is 3. The molecule has 0 amide bonds. The Labute approximate surface area is 91.4 Å². The SMILES string of the molecule is COC(=O)/C(=C1\C[C@H](C)C[C@@H]1N)C(F)(F)F. The molecule has 6 heteroatoms. The van der Waals surface area contributed by atoms with Crippen LogP contribution in [0.25, 0.3) is 0 Å². The summed E-state index contributed by atoms with van der Waals surface area (Å²) in [5.74, 6) is -1.29. The second-order valence-electron chi connectivity index (χ2n) is 4.04. The molecule has 0 aromatic rings. The van der Waals surface area contributed by atoms with Gasteiger partial charge >= 0.3 is 12.1 Å². The summed E-state index contributed by atoms with van der Waals surface area (Å²) in [7, 11) is 0.929. The molecule has 2 N–H and O–H groups in total. The van der Waals surface area contributed by atoms with Gasteiger partial charge in [-0.25, -0.2) is 4.79 Å². The maximum atomic E-state index is 12.7. The number of alkyl halides is 3. The molecular formula is C10H14F3NO2. The zero-order chi connectivity index (χ0) is 12.5. The van der Waals surface area contributed by atoms with Crippen molar-refractivity contribution in [3.63, 3.8) is 0 Å². The predicted octanol–water partition coefficient (Wildman–Crippen LogP) is 1.78. The van der Waals surface area contributed by atoms with Gasteiger partial charge in [-0.2, -0.15) is 13.2 Å². The number of rotatable bonds is 1. The summed E-state index contributed by atoms with van der Waals surface area (Å²) in [5, 5.41) is 0. The molecule has 0 aliphatic heterocycles. The fourth-order valence-electron chi connectivity index (χ4n) is 2.00. The molecule has 0 aromatic heterocycles. The van der Waals surface area contributed by atoms with Gasteiger partial charge < -0.3 is 10.5 Å². The van der Waals surface area contributed by atoms with Crippen LogP contribution in [-0.4, -0.2) is 25.3 Å². The lowest BCUT2D eigenvalue weighted by molar-refractivity contribution is -0.148. The third kappa shape index (κ3) is 2.55. The van der Waals surface area contributed by atoms with E-state index in [-0.39, 0.29) is 17.9 Å². The molecule has 1 rings (SSSR count). The first-order valence-electron chi connectivity index (χ1n) is 4.91. The van der Waals surface area contributed by atoms with Crippen LogP contribution < -0.4 is 5.73 Å². The third-order valence-electron chi connectivity index (χ3n) is 2.67. The summed E-state index contributed by atoms with van der Waals surface area (Å²) in [6.07, 6.45) is -4.04. The Kier molecular flexibility index (Phi) is 3.62. The highest BCUT2D eigenvalue weighted by molar-refractivity contribution is 5.91. The van der Waals surface area contributed by atoms with E-state index in [4.69, 9.17) is 5.73 Å². The van der Waals surface area contributed by atoms with Gasteiger partial charge in [0, 0.05) is 6.04 Å². The van der Waals surface area contributed by atoms with E-state index in [0.717, 1.165) is 7.11 Å². The lowest BCUT2D eigenvalue weighted by Crippen LogP contribution is -2.28. The van der Waals surface area contributed by atoms with E-state index in [9.17, 15) is 18.0 Å². The smallest absolute Gasteiger partial charge is 0.423 e. The minimum atomic E-state index is -4.70. The Balaban J connectivity index is 3.19. The van der Waals surface area contributed by atoms with E-state index < -0.39 is 23.8 Å². The van der Waals surface area contributed by atoms with Gasteiger partial charge in [0.05, 0.1) is 7.11 Å². The molecule has 1 fully saturated rings. The van der Waals surface area contributed by atoms with Gasteiger partial charge in [0.1, 0.15) is 5.57 Å². The molecule has 0 heterocycles. The van der Waals surface area contributed by atoms with Crippen LogP contribution >= 0.6 is 0 Å². The zero-order valence-corrected chi connectivity index (χ0v) is 9.10. The standard InChI is InChI=1S/C10H14F3NO2/c1-5-3-6(7(14)4-5)8(9(15)16-2)10(11,12)13/h5,7H,3-4,14H2,1-2H3/b8-6-/t5-,7-/m0/s1. The van der Waals surface area contributed by atoms with Gasteiger partial charge in [-0.05, 0) is 24.3 Å². The molecule has 0 aromatic carbocycles. The van der Waals surface area contributed by atoms with Gasteiger partial charge in [0.25, 0.3) is 0 Å². The van der Waals surface area contributed by atoms with Crippen molar-refractivity contribution >= 4 is 5.97 Å². The zero-order valence-electron chi connectivity index (χ0n) is 9.10. The number of hydrogen-bond acceptors (Lipinski definition) is 3. The number of nitrogens with two attached hydrogens (primary N) is 1. The first-order valence-corrected chi connectivity index (χ1v) is 4.91. The third-order valence-corrected chi connectivity index (χ3v) is 2.67. The average Bonchev–Trinajstić information content (AvgIpc) is 2.43. The van der Waals surface area contributed by atoms with E-state index in [1.165, 1.54) is 0 Å². The number of methoxy groups -OCH3 is 1. The van der Waals surface area contributed by atoms with Crippen molar-refractivity contribution < 1.29 is 22.7 Å². The minimum Gasteiger partial charge on any atom is -0.465 e. The number of carbonyl (C=O) groups is 1. The summed E-state index contributed by atoms with van der Waals surface area (Å²) < 4.78 is 42.2. The lowest BCUT2D eigenvalue weighted by atomic mass is 10.0. The Bertz CT molecular complexity index is 323. The van der Waals surface area contributed by atoms with Crippen LogP contribution in [0, 0.1) is 5.92 Å². The maximum absolute atomic E-state index is 12.7. The molecule has 16 heavy (non-hydrogen) atoms. The number of ether oxygens (including phenoxy) is 1. The fourth-order valence-corrected chi connectivity index (χ4v) is 2.00. The van der Waals surface area contributed by atoms with E-state index in [2.05, 4.69) is 4.74 Å². The van der Waals surface area contributed by atoms with Crippen LogP contribution in [0.4, 0.5) is 13.2 Å². The van der Waals surface area contributed by atoms with Crippen molar-refractivity contribution in [3.05, 3.63) is 11.1 Å². The van der Waals surface area contributed by atoms with E-state index >= 15 is 0 Å². The number of carbonyl (C=O) groups excluding carboxylic acids is 1. The Morgan fingerprint density at radius 2 is 2.06 bits per heavy atom. The highest BCUT2D eigenvalue weighted by atomic mass is 19.4. The molecule has 92 valence electrons. The largest absolute Gasteiger partial charge is 0.465 e. The monoisotopic (exact) mass is 237 g/mol. The summed E-state index contributed by atoms with van der Waals surface area (Å²) >= 11 is 0. The molecule has 0 saturated heterocycles. The van der Waals surface area contributed by atoms with Crippen LogP contribution in [0.3, 0.4) is 0 Å². The molecular weight excluding hydrogens is 223 g/mol. The topological polar surface area (TPSA) is 52.3 Å². The molecule has 0 unspecified atom stereocenters. The van der Waals surface area contributed by atoms with Crippen molar-refractivity contribution in [2.45, 2.75) is 32.0 Å². The highest BCUT2D eigenvalue weighted by Gasteiger charge is 2.44. The number of esters is 1. The summed E-state index contributed by atoms with van der Waals surface area (Å²) in [6, 6.07) is -0.703. The summed E-state index contributed by atoms with van der Waals surface area (Å²) in [4.78, 5) is 11.1. The van der Waals surface area contributed by atoms with Crippen molar-refractivity contribution in [2.75, 3.05) is 7.11 Å². The van der Waals surface area contributed by atoms with Crippen LogP contribution in [-0.2, 0) is 9.53 Å². The molecule has 1 saturated carbocycles. The highest BCUT2D eigenvalue weighted by Crippen LogP contribution is 2.38. The van der Waals surface area contributed by atoms with Gasteiger partial charge in [-0.3, -0.25) is 0 Å². The molecule has 1 aliphatic carbocycles. The predicted molar refractivity (Wildman–Crippen MR) is 51.5 cm³/mol. The fraction of sp³-hybridized carbons (Fsp3) is 0.700. The summed E-state index contributed by atoms with van der Waals surface area (Å²) in [6.45, 7) is 1.80. The van der Waals surface area contributed by atoms with Crippen molar-refractivity contribution in [1.29, 1.82) is 0 Å². The Morgan fingerprint density at radius 1 is 1.50 bits per heavy atom. The first kappa shape index (κ1) is 13.0. The minimum absolute atomic E-state index is 0.0353. The second kappa shape index (κ2) is 4.45. The molecule has 3 nitrogen and oxygen atoms in total. The molecule has 0 spiro atoms. The molecule has 0 radical (unpaired) electrons. The van der Waals surface area contributed by atoms with Crippen molar-refractivity contribution in [3.8, 4) is 0 Å². The van der Waals surface area contributed by atoms with Crippen LogP contribution in [0.1, 0.15) is 19.8 Å². The Hall–Kier alpha value is -1.04. The summed E-state index contributed by atoms with van der Waals surface area (Å²) in [5.41, 5.74) is 4.33. The lowest BCUT2D eigenvalue weighted by Gasteiger charge is -2.15. The van der Waals surface area contributed by atoms with Crippen LogP contribution in [0.2, 0.25) is 0 Å². The second-order valence-corrected chi connectivity index (χ2v) is 4.04. The molecule has 1 aliphatic rings. The Morgan fingerprint density at radius 3 is 2.38 bits per heavy atom. The normalized spacial score (nSPS) is 29.1. The first-order chi connectivity index (χ1) is 7.27. The van der Waals surface area contributed by atoms with Gasteiger partial charge in [0.2, 0.25) is 0 Å². The quantitative estimate of drug-likeness (QED) is 0.558.